The summed E-state index contributed by atoms with van der Waals surface area (Å²) >= 11 is -0.843. The Bertz CT molecular complexity index is 620. The van der Waals surface area contributed by atoms with Crippen LogP contribution in [0.1, 0.15) is 15.9 Å². The molecule has 120 valence electrons. The summed E-state index contributed by atoms with van der Waals surface area (Å²) in [7, 11) is 0.858. The van der Waals surface area contributed by atoms with E-state index in [0.717, 1.165) is 7.11 Å². The molecule has 0 N–H and O–H groups in total. The van der Waals surface area contributed by atoms with Gasteiger partial charge in [-0.25, -0.2) is 4.79 Å². The quantitative estimate of drug-likeness (QED) is 0.473. The van der Waals surface area contributed by atoms with Crippen molar-refractivity contribution in [3.8, 4) is 11.8 Å². The highest BCUT2D eigenvalue weighted by atomic mass is 32.2. The second kappa shape index (κ2) is 6.35. The first-order valence-corrected chi connectivity index (χ1v) is 5.96. The molecule has 0 unspecified atom stereocenters. The molecule has 0 fully saturated rings. The average molecular weight is 345 g/mol. The van der Waals surface area contributed by atoms with Gasteiger partial charge in [0.25, 0.3) is 0 Å². The third-order valence-corrected chi connectivity index (χ3v) is 2.83. The number of halogens is 6. The second-order valence-corrected chi connectivity index (χ2v) is 4.65. The van der Waals surface area contributed by atoms with Crippen LogP contribution < -0.4 is 4.74 Å². The van der Waals surface area contributed by atoms with E-state index in [2.05, 4.69) is 9.47 Å². The number of carbonyl (C=O) groups excluding carboxylic acids is 1. The first kappa shape index (κ1) is 18.0. The van der Waals surface area contributed by atoms with E-state index in [9.17, 15) is 31.1 Å². The molecule has 0 saturated heterocycles. The summed E-state index contributed by atoms with van der Waals surface area (Å²) in [6.45, 7) is 0. The molecule has 11 heteroatoms. The first-order valence-electron chi connectivity index (χ1n) is 5.15. The largest absolute Gasteiger partial charge is 0.573 e. The Morgan fingerprint density at radius 3 is 2.23 bits per heavy atom. The van der Waals surface area contributed by atoms with Crippen molar-refractivity contribution < 1.29 is 40.6 Å². The molecule has 0 amide bonds. The van der Waals surface area contributed by atoms with Gasteiger partial charge in [0, 0.05) is 4.90 Å². The van der Waals surface area contributed by atoms with Gasteiger partial charge < -0.3 is 9.47 Å². The highest BCUT2D eigenvalue weighted by Crippen LogP contribution is 2.41. The van der Waals surface area contributed by atoms with E-state index >= 15 is 0 Å². The molecule has 1 aromatic rings. The number of esters is 1. The van der Waals surface area contributed by atoms with E-state index in [1.807, 2.05) is 0 Å². The minimum Gasteiger partial charge on any atom is -0.465 e. The monoisotopic (exact) mass is 345 g/mol. The number of hydrogen-bond donors (Lipinski definition) is 0. The normalized spacial score (nSPS) is 11.7. The van der Waals surface area contributed by atoms with E-state index in [1.54, 1.807) is 0 Å². The standard InChI is InChI=1S/C11H5F6NO3S/c1-20-9(19)6-2-5(21-10(12,13)14)3-8(7(6)4-18)22-11(15,16)17/h2-3H,1H3. The summed E-state index contributed by atoms with van der Waals surface area (Å²) < 4.78 is 81.5. The number of thioether (sulfide) groups is 1. The van der Waals surface area contributed by atoms with Crippen LogP contribution in [0.2, 0.25) is 0 Å². The van der Waals surface area contributed by atoms with E-state index in [1.165, 1.54) is 6.07 Å². The lowest BCUT2D eigenvalue weighted by Crippen LogP contribution is -2.18. The Balaban J connectivity index is 3.48. The molecule has 0 aliphatic rings. The predicted octanol–water partition coefficient (Wildman–Crippen LogP) is 3.86. The van der Waals surface area contributed by atoms with E-state index < -0.39 is 51.4 Å². The fourth-order valence-corrected chi connectivity index (χ4v) is 2.06. The van der Waals surface area contributed by atoms with Crippen LogP contribution in [-0.4, -0.2) is 24.9 Å². The topological polar surface area (TPSA) is 59.3 Å². The zero-order valence-electron chi connectivity index (χ0n) is 10.5. The molecule has 22 heavy (non-hydrogen) atoms. The van der Waals surface area contributed by atoms with Gasteiger partial charge >= 0.3 is 17.8 Å². The van der Waals surface area contributed by atoms with Gasteiger partial charge in [0.1, 0.15) is 11.8 Å². The van der Waals surface area contributed by atoms with Crippen molar-refractivity contribution in [1.82, 2.24) is 0 Å². The summed E-state index contributed by atoms with van der Waals surface area (Å²) in [5.74, 6) is -2.34. The minimum absolute atomic E-state index is 0.372. The van der Waals surface area contributed by atoms with Gasteiger partial charge in [-0.2, -0.15) is 18.4 Å². The number of ether oxygens (including phenoxy) is 2. The molecule has 0 bridgehead atoms. The van der Waals surface area contributed by atoms with Crippen LogP contribution in [0, 0.1) is 11.3 Å². The lowest BCUT2D eigenvalue weighted by molar-refractivity contribution is -0.274. The SMILES string of the molecule is COC(=O)c1cc(OC(F)(F)F)cc(SC(F)(F)F)c1C#N. The van der Waals surface area contributed by atoms with Crippen LogP contribution in [0.15, 0.2) is 17.0 Å². The molecular weight excluding hydrogens is 340 g/mol. The van der Waals surface area contributed by atoms with Crippen molar-refractivity contribution in [2.45, 2.75) is 16.8 Å². The van der Waals surface area contributed by atoms with Crippen LogP contribution in [0.4, 0.5) is 26.3 Å². The number of benzene rings is 1. The molecule has 4 nitrogen and oxygen atoms in total. The van der Waals surface area contributed by atoms with Crippen molar-refractivity contribution >= 4 is 17.7 Å². The van der Waals surface area contributed by atoms with Crippen LogP contribution in [0.5, 0.6) is 5.75 Å². The number of rotatable bonds is 3. The maximum absolute atomic E-state index is 12.4. The Hall–Kier alpha value is -2.09. The molecule has 0 aliphatic carbocycles. The minimum atomic E-state index is -5.18. The molecule has 1 rings (SSSR count). The van der Waals surface area contributed by atoms with E-state index in [-0.39, 0.29) is 0 Å². The Morgan fingerprint density at radius 1 is 1.23 bits per heavy atom. The van der Waals surface area contributed by atoms with Gasteiger partial charge in [0.2, 0.25) is 0 Å². The van der Waals surface area contributed by atoms with Crippen molar-refractivity contribution in [2.24, 2.45) is 0 Å². The van der Waals surface area contributed by atoms with Crippen LogP contribution in [0.3, 0.4) is 0 Å². The van der Waals surface area contributed by atoms with Crippen LogP contribution in [-0.2, 0) is 4.74 Å². The zero-order chi connectivity index (χ0) is 17.1. The number of alkyl halides is 6. The molecule has 0 radical (unpaired) electrons. The number of nitrogens with zero attached hydrogens (tertiary/aromatic N) is 1. The Labute approximate surface area is 123 Å². The Kier molecular flexibility index (Phi) is 5.18. The molecule has 0 aliphatic heterocycles. The van der Waals surface area contributed by atoms with E-state index in [4.69, 9.17) is 5.26 Å². The van der Waals surface area contributed by atoms with Crippen LogP contribution >= 0.6 is 11.8 Å². The maximum atomic E-state index is 12.4. The summed E-state index contributed by atoms with van der Waals surface area (Å²) in [6, 6.07) is 2.19. The lowest BCUT2D eigenvalue weighted by Gasteiger charge is -2.14. The molecule has 0 heterocycles. The highest BCUT2D eigenvalue weighted by molar-refractivity contribution is 8.00. The Morgan fingerprint density at radius 2 is 1.82 bits per heavy atom. The van der Waals surface area contributed by atoms with Crippen LogP contribution in [0.25, 0.3) is 0 Å². The van der Waals surface area contributed by atoms with E-state index in [0.29, 0.717) is 12.1 Å². The number of hydrogen-bond acceptors (Lipinski definition) is 5. The second-order valence-electron chi connectivity index (χ2n) is 3.54. The molecule has 0 aromatic heterocycles. The molecule has 0 saturated carbocycles. The summed E-state index contributed by atoms with van der Waals surface area (Å²) in [5, 5.41) is 8.86. The fourth-order valence-electron chi connectivity index (χ4n) is 1.37. The zero-order valence-corrected chi connectivity index (χ0v) is 11.3. The fraction of sp³-hybridized carbons (Fsp3) is 0.273. The maximum Gasteiger partial charge on any atom is 0.573 e. The van der Waals surface area contributed by atoms with Gasteiger partial charge in [0.05, 0.1) is 18.2 Å². The lowest BCUT2D eigenvalue weighted by atomic mass is 10.1. The smallest absolute Gasteiger partial charge is 0.465 e. The van der Waals surface area contributed by atoms with Crippen molar-refractivity contribution in [3.63, 3.8) is 0 Å². The average Bonchev–Trinajstić information content (AvgIpc) is 2.33. The van der Waals surface area contributed by atoms with Crippen molar-refractivity contribution in [3.05, 3.63) is 23.3 Å². The summed E-state index contributed by atoms with van der Waals surface area (Å²) in [4.78, 5) is 10.5. The van der Waals surface area contributed by atoms with Crippen molar-refractivity contribution in [2.75, 3.05) is 7.11 Å². The van der Waals surface area contributed by atoms with Gasteiger partial charge in [-0.15, -0.1) is 13.2 Å². The van der Waals surface area contributed by atoms with Crippen molar-refractivity contribution in [1.29, 1.82) is 5.26 Å². The molecule has 1 aromatic carbocycles. The van der Waals surface area contributed by atoms with Gasteiger partial charge in [-0.1, -0.05) is 0 Å². The molecule has 0 spiro atoms. The van der Waals surface area contributed by atoms with Gasteiger partial charge in [-0.3, -0.25) is 0 Å². The number of nitriles is 1. The first-order chi connectivity index (χ1) is 9.96. The highest BCUT2D eigenvalue weighted by Gasteiger charge is 2.35. The number of carbonyl (C=O) groups is 1. The molecular formula is C11H5F6NO3S. The van der Waals surface area contributed by atoms with Gasteiger partial charge in [0.15, 0.2) is 0 Å². The summed E-state index contributed by atoms with van der Waals surface area (Å²) in [6.07, 6.45) is -5.18. The molecule has 0 atom stereocenters. The summed E-state index contributed by atoms with van der Waals surface area (Å²) in [5.41, 5.74) is -6.40. The van der Waals surface area contributed by atoms with Gasteiger partial charge in [-0.05, 0) is 23.9 Å². The predicted molar refractivity (Wildman–Crippen MR) is 61.1 cm³/mol. The number of methoxy groups -OCH3 is 1. The third-order valence-electron chi connectivity index (χ3n) is 2.05. The third kappa shape index (κ3) is 5.03.